The number of nitrogens with zero attached hydrogens (tertiary/aromatic N) is 1. The minimum atomic E-state index is -0.0571. The lowest BCUT2D eigenvalue weighted by molar-refractivity contribution is -0.147. The summed E-state index contributed by atoms with van der Waals surface area (Å²) in [6, 6.07) is 0. The molecule has 2 rings (SSSR count). The minimum absolute atomic E-state index is 0.0132. The van der Waals surface area contributed by atoms with Gasteiger partial charge < -0.3 is 9.47 Å². The van der Waals surface area contributed by atoms with Crippen molar-refractivity contribution in [2.75, 3.05) is 38.7 Å². The van der Waals surface area contributed by atoms with Gasteiger partial charge in [-0.25, -0.2) is 0 Å². The second-order valence-electron chi connectivity index (χ2n) is 4.95. The Morgan fingerprint density at radius 2 is 2.22 bits per heavy atom. The molecule has 0 saturated carbocycles. The van der Waals surface area contributed by atoms with Crippen LogP contribution in [0.4, 0.5) is 0 Å². The number of carbonyl (C=O) groups is 1. The fourth-order valence-corrected chi connectivity index (χ4v) is 4.49. The zero-order valence-electron chi connectivity index (χ0n) is 11.3. The van der Waals surface area contributed by atoms with Crippen LogP contribution in [0, 0.1) is 0 Å². The highest BCUT2D eigenvalue weighted by molar-refractivity contribution is 8.00. The molecule has 0 amide bonds. The molecule has 0 aliphatic carbocycles. The molecule has 2 saturated heterocycles. The van der Waals surface area contributed by atoms with Gasteiger partial charge in [-0.05, 0) is 19.1 Å². The summed E-state index contributed by atoms with van der Waals surface area (Å²) in [5, 5.41) is 0.486. The Hall–Kier alpha value is -0.260. The topological polar surface area (TPSA) is 38.8 Å². The van der Waals surface area contributed by atoms with Crippen LogP contribution >= 0.6 is 11.8 Å². The van der Waals surface area contributed by atoms with Gasteiger partial charge in [0.2, 0.25) is 0 Å². The summed E-state index contributed by atoms with van der Waals surface area (Å²) < 4.78 is 10.6. The second-order valence-corrected chi connectivity index (χ2v) is 6.40. The lowest BCUT2D eigenvalue weighted by Crippen LogP contribution is -2.57. The number of morpholine rings is 1. The average Bonchev–Trinajstić information content (AvgIpc) is 2.73. The largest absolute Gasteiger partial charge is 0.466 e. The third kappa shape index (κ3) is 2.83. The first-order valence-electron chi connectivity index (χ1n) is 6.79. The molecular weight excluding hydrogens is 250 g/mol. The van der Waals surface area contributed by atoms with Gasteiger partial charge in [0.05, 0.1) is 26.2 Å². The summed E-state index contributed by atoms with van der Waals surface area (Å²) in [5.41, 5.74) is -0.0132. The first-order valence-corrected chi connectivity index (χ1v) is 7.84. The third-order valence-electron chi connectivity index (χ3n) is 4.06. The van der Waals surface area contributed by atoms with Crippen LogP contribution in [0.15, 0.2) is 0 Å². The number of hydrogen-bond acceptors (Lipinski definition) is 5. The van der Waals surface area contributed by atoms with Crippen molar-refractivity contribution in [2.45, 2.75) is 37.5 Å². The molecular formula is C13H23NO3S. The molecule has 2 aliphatic heterocycles. The van der Waals surface area contributed by atoms with E-state index in [1.165, 1.54) is 0 Å². The van der Waals surface area contributed by atoms with Crippen LogP contribution in [0.5, 0.6) is 0 Å². The molecule has 0 aromatic rings. The number of thioether (sulfide) groups is 1. The van der Waals surface area contributed by atoms with E-state index in [2.05, 4.69) is 11.8 Å². The smallest absolute Gasteiger partial charge is 0.307 e. The Bertz CT molecular complexity index is 294. The molecule has 0 aromatic carbocycles. The van der Waals surface area contributed by atoms with Crippen molar-refractivity contribution in [3.05, 3.63) is 0 Å². The van der Waals surface area contributed by atoms with Gasteiger partial charge in [0.1, 0.15) is 0 Å². The van der Waals surface area contributed by atoms with E-state index in [0.29, 0.717) is 18.3 Å². The fourth-order valence-electron chi connectivity index (χ4n) is 3.00. The predicted octanol–water partition coefficient (Wildman–Crippen LogP) is 1.54. The molecule has 4 nitrogen and oxygen atoms in total. The molecule has 0 N–H and O–H groups in total. The third-order valence-corrected chi connectivity index (χ3v) is 5.43. The highest BCUT2D eigenvalue weighted by atomic mass is 32.2. The first-order chi connectivity index (χ1) is 8.69. The SMILES string of the molecule is CCOC(=O)CC1(N2CCOCC2)CCSC1C. The van der Waals surface area contributed by atoms with E-state index in [4.69, 9.17) is 9.47 Å². The standard InChI is InChI=1S/C13H23NO3S/c1-3-17-12(15)10-13(4-9-18-11(13)2)14-5-7-16-8-6-14/h11H,3-10H2,1-2H3. The van der Waals surface area contributed by atoms with Gasteiger partial charge in [0.25, 0.3) is 0 Å². The lowest BCUT2D eigenvalue weighted by atomic mass is 9.86. The van der Waals surface area contributed by atoms with Crippen LogP contribution in [0.25, 0.3) is 0 Å². The Balaban J connectivity index is 2.09. The average molecular weight is 273 g/mol. The van der Waals surface area contributed by atoms with Crippen molar-refractivity contribution in [1.29, 1.82) is 0 Å². The summed E-state index contributed by atoms with van der Waals surface area (Å²) >= 11 is 1.97. The highest BCUT2D eigenvalue weighted by Gasteiger charge is 2.47. The van der Waals surface area contributed by atoms with Crippen LogP contribution in [-0.2, 0) is 14.3 Å². The van der Waals surface area contributed by atoms with Crippen LogP contribution in [0.1, 0.15) is 26.7 Å². The zero-order valence-corrected chi connectivity index (χ0v) is 12.1. The minimum Gasteiger partial charge on any atom is -0.466 e. The van der Waals surface area contributed by atoms with Crippen molar-refractivity contribution in [3.8, 4) is 0 Å². The first kappa shape index (κ1) is 14.2. The quantitative estimate of drug-likeness (QED) is 0.727. The lowest BCUT2D eigenvalue weighted by Gasteiger charge is -2.45. The zero-order chi connectivity index (χ0) is 13.0. The van der Waals surface area contributed by atoms with Crippen LogP contribution in [-0.4, -0.2) is 60.3 Å². The summed E-state index contributed by atoms with van der Waals surface area (Å²) in [4.78, 5) is 14.4. The molecule has 5 heteroatoms. The van der Waals surface area contributed by atoms with E-state index in [0.717, 1.165) is 38.5 Å². The molecule has 0 radical (unpaired) electrons. The molecule has 2 aliphatic rings. The van der Waals surface area contributed by atoms with Crippen LogP contribution in [0.2, 0.25) is 0 Å². The predicted molar refractivity (Wildman–Crippen MR) is 72.9 cm³/mol. The van der Waals surface area contributed by atoms with Gasteiger partial charge in [-0.3, -0.25) is 9.69 Å². The van der Waals surface area contributed by atoms with E-state index in [-0.39, 0.29) is 11.5 Å². The van der Waals surface area contributed by atoms with Crippen molar-refractivity contribution in [1.82, 2.24) is 4.90 Å². The molecule has 0 aromatic heterocycles. The summed E-state index contributed by atoms with van der Waals surface area (Å²) in [5.74, 6) is 1.08. The van der Waals surface area contributed by atoms with Gasteiger partial charge in [0, 0.05) is 23.9 Å². The Kier molecular flexibility index (Phi) is 4.92. The molecule has 0 bridgehead atoms. The molecule has 2 heterocycles. The number of ether oxygens (including phenoxy) is 2. The van der Waals surface area contributed by atoms with Crippen molar-refractivity contribution in [3.63, 3.8) is 0 Å². The normalized spacial score (nSPS) is 33.6. The maximum absolute atomic E-state index is 11.9. The number of hydrogen-bond donors (Lipinski definition) is 0. The van der Waals surface area contributed by atoms with Gasteiger partial charge in [0.15, 0.2) is 0 Å². The number of carbonyl (C=O) groups excluding carboxylic acids is 1. The molecule has 18 heavy (non-hydrogen) atoms. The van der Waals surface area contributed by atoms with Crippen molar-refractivity contribution < 1.29 is 14.3 Å². The molecule has 2 atom stereocenters. The van der Waals surface area contributed by atoms with Crippen molar-refractivity contribution >= 4 is 17.7 Å². The van der Waals surface area contributed by atoms with E-state index in [1.807, 2.05) is 18.7 Å². The van der Waals surface area contributed by atoms with Gasteiger partial charge in [-0.15, -0.1) is 0 Å². The Morgan fingerprint density at radius 3 is 2.78 bits per heavy atom. The Labute approximate surface area is 113 Å². The second kappa shape index (κ2) is 6.26. The van der Waals surface area contributed by atoms with E-state index < -0.39 is 0 Å². The number of esters is 1. The number of rotatable bonds is 4. The molecule has 0 spiro atoms. The Morgan fingerprint density at radius 1 is 1.50 bits per heavy atom. The molecule has 104 valence electrons. The molecule has 2 fully saturated rings. The van der Waals surface area contributed by atoms with Gasteiger partial charge in [-0.1, -0.05) is 6.92 Å². The highest BCUT2D eigenvalue weighted by Crippen LogP contribution is 2.43. The monoisotopic (exact) mass is 273 g/mol. The van der Waals surface area contributed by atoms with E-state index >= 15 is 0 Å². The summed E-state index contributed by atoms with van der Waals surface area (Å²) in [6.45, 7) is 8.01. The molecule has 2 unspecified atom stereocenters. The maximum atomic E-state index is 11.9. The van der Waals surface area contributed by atoms with E-state index in [9.17, 15) is 4.79 Å². The van der Waals surface area contributed by atoms with Gasteiger partial charge >= 0.3 is 5.97 Å². The summed E-state index contributed by atoms with van der Waals surface area (Å²) in [6.07, 6.45) is 1.60. The van der Waals surface area contributed by atoms with Crippen molar-refractivity contribution in [2.24, 2.45) is 0 Å². The van der Waals surface area contributed by atoms with Gasteiger partial charge in [-0.2, -0.15) is 11.8 Å². The fraction of sp³-hybridized carbons (Fsp3) is 0.923. The summed E-state index contributed by atoms with van der Waals surface area (Å²) in [7, 11) is 0. The maximum Gasteiger partial charge on any atom is 0.307 e. The van der Waals surface area contributed by atoms with Crippen LogP contribution < -0.4 is 0 Å². The van der Waals surface area contributed by atoms with E-state index in [1.54, 1.807) is 0 Å². The van der Waals surface area contributed by atoms with Crippen LogP contribution in [0.3, 0.4) is 0 Å².